The van der Waals surface area contributed by atoms with Crippen LogP contribution in [-0.2, 0) is 9.53 Å². The Labute approximate surface area is 145 Å². The zero-order valence-electron chi connectivity index (χ0n) is 13.8. The van der Waals surface area contributed by atoms with Crippen LogP contribution in [0.3, 0.4) is 0 Å². The average Bonchev–Trinajstić information content (AvgIpc) is 2.61. The maximum absolute atomic E-state index is 12.3. The van der Waals surface area contributed by atoms with Crippen molar-refractivity contribution in [3.63, 3.8) is 0 Å². The van der Waals surface area contributed by atoms with Crippen LogP contribution in [0.2, 0.25) is 0 Å². The Kier molecular flexibility index (Phi) is 5.64. The van der Waals surface area contributed by atoms with Crippen molar-refractivity contribution in [1.82, 2.24) is 0 Å². The summed E-state index contributed by atoms with van der Waals surface area (Å²) in [6, 6.07) is 14.2. The van der Waals surface area contributed by atoms with E-state index >= 15 is 0 Å². The summed E-state index contributed by atoms with van der Waals surface area (Å²) >= 11 is 0. The molecule has 0 saturated heterocycles. The number of nitriles is 1. The quantitative estimate of drug-likeness (QED) is 0.669. The molecule has 0 aliphatic carbocycles. The molecule has 0 bridgehead atoms. The molecule has 1 atom stereocenters. The van der Waals surface area contributed by atoms with Gasteiger partial charge in [0.25, 0.3) is 0 Å². The van der Waals surface area contributed by atoms with Gasteiger partial charge >= 0.3 is 5.97 Å². The number of carbonyl (C=O) groups excluding carboxylic acids is 3. The molecule has 6 heteroatoms. The van der Waals surface area contributed by atoms with Crippen LogP contribution in [0.25, 0.3) is 0 Å². The van der Waals surface area contributed by atoms with Crippen LogP contribution in [0.5, 0.6) is 0 Å². The minimum Gasteiger partial charge on any atom is -0.451 e. The lowest BCUT2D eigenvalue weighted by Gasteiger charge is -2.13. The number of esters is 1. The van der Waals surface area contributed by atoms with Crippen molar-refractivity contribution >= 4 is 23.3 Å². The van der Waals surface area contributed by atoms with E-state index in [1.54, 1.807) is 24.3 Å². The Bertz CT molecular complexity index is 833. The van der Waals surface area contributed by atoms with E-state index in [2.05, 4.69) is 5.32 Å². The molecule has 6 nitrogen and oxygen atoms in total. The van der Waals surface area contributed by atoms with E-state index in [0.29, 0.717) is 16.8 Å². The van der Waals surface area contributed by atoms with Crippen molar-refractivity contribution in [3.8, 4) is 6.07 Å². The van der Waals surface area contributed by atoms with Crippen LogP contribution in [-0.4, -0.2) is 23.8 Å². The highest BCUT2D eigenvalue weighted by Crippen LogP contribution is 2.14. The lowest BCUT2D eigenvalue weighted by Crippen LogP contribution is -2.24. The van der Waals surface area contributed by atoms with Gasteiger partial charge in [-0.15, -0.1) is 0 Å². The second-order valence-corrected chi connectivity index (χ2v) is 5.36. The maximum Gasteiger partial charge on any atom is 0.338 e. The van der Waals surface area contributed by atoms with Crippen LogP contribution < -0.4 is 5.32 Å². The fraction of sp³-hybridized carbons (Fsp3) is 0.158. The molecule has 0 fully saturated rings. The summed E-state index contributed by atoms with van der Waals surface area (Å²) in [7, 11) is 0. The van der Waals surface area contributed by atoms with Gasteiger partial charge in [-0.25, -0.2) is 4.79 Å². The number of hydrogen-bond donors (Lipinski definition) is 1. The molecule has 0 saturated carbocycles. The minimum absolute atomic E-state index is 0.205. The van der Waals surface area contributed by atoms with Gasteiger partial charge in [0.2, 0.25) is 11.7 Å². The molecule has 0 aromatic heterocycles. The standard InChI is InChI=1S/C19H16N2O4/c1-12(25-19(24)16-5-3-14(11-20)4-6-16)18(23)15-7-9-17(10-8-15)21-13(2)22/h3-10,12H,1-2H3,(H,21,22)/t12-/m1/s1. The Balaban J connectivity index is 2.02. The fourth-order valence-electron chi connectivity index (χ4n) is 2.12. The van der Waals surface area contributed by atoms with Crippen LogP contribution in [0, 0.1) is 11.3 Å². The van der Waals surface area contributed by atoms with Gasteiger partial charge in [-0.1, -0.05) is 0 Å². The molecule has 0 aliphatic heterocycles. The van der Waals surface area contributed by atoms with Crippen LogP contribution in [0.4, 0.5) is 5.69 Å². The number of Topliss-reactive ketones (excluding diaryl/α,β-unsaturated/α-hetero) is 1. The lowest BCUT2D eigenvalue weighted by molar-refractivity contribution is -0.114. The molecule has 2 aromatic rings. The molecule has 0 spiro atoms. The van der Waals surface area contributed by atoms with E-state index in [-0.39, 0.29) is 17.3 Å². The number of carbonyl (C=O) groups is 3. The van der Waals surface area contributed by atoms with Gasteiger partial charge < -0.3 is 10.1 Å². The number of amides is 1. The highest BCUT2D eigenvalue weighted by Gasteiger charge is 2.20. The van der Waals surface area contributed by atoms with Crippen LogP contribution in [0.15, 0.2) is 48.5 Å². The van der Waals surface area contributed by atoms with Crippen molar-refractivity contribution in [2.24, 2.45) is 0 Å². The smallest absolute Gasteiger partial charge is 0.338 e. The SMILES string of the molecule is CC(=O)Nc1ccc(C(=O)[C@@H](C)OC(=O)c2ccc(C#N)cc2)cc1. The van der Waals surface area contributed by atoms with Gasteiger partial charge in [-0.3, -0.25) is 9.59 Å². The van der Waals surface area contributed by atoms with Crippen LogP contribution >= 0.6 is 0 Å². The molecule has 0 unspecified atom stereocenters. The van der Waals surface area contributed by atoms with Gasteiger partial charge in [0.15, 0.2) is 6.10 Å². The van der Waals surface area contributed by atoms with Crippen molar-refractivity contribution in [2.75, 3.05) is 5.32 Å². The van der Waals surface area contributed by atoms with Gasteiger partial charge in [-0.05, 0) is 55.5 Å². The second-order valence-electron chi connectivity index (χ2n) is 5.36. The summed E-state index contributed by atoms with van der Waals surface area (Å²) in [4.78, 5) is 35.4. The van der Waals surface area contributed by atoms with Gasteiger partial charge in [0.1, 0.15) is 0 Å². The van der Waals surface area contributed by atoms with Crippen molar-refractivity contribution in [3.05, 3.63) is 65.2 Å². The Morgan fingerprint density at radius 2 is 1.56 bits per heavy atom. The Morgan fingerprint density at radius 1 is 1.00 bits per heavy atom. The third kappa shape index (κ3) is 4.75. The average molecular weight is 336 g/mol. The second kappa shape index (κ2) is 7.88. The summed E-state index contributed by atoms with van der Waals surface area (Å²) in [6.45, 7) is 2.88. The molecular formula is C19H16N2O4. The number of benzene rings is 2. The van der Waals surface area contributed by atoms with Crippen molar-refractivity contribution in [1.29, 1.82) is 5.26 Å². The predicted octanol–water partition coefficient (Wildman–Crippen LogP) is 2.94. The number of rotatable bonds is 5. The minimum atomic E-state index is -0.963. The monoisotopic (exact) mass is 336 g/mol. The van der Waals surface area contributed by atoms with Crippen molar-refractivity contribution in [2.45, 2.75) is 20.0 Å². The summed E-state index contributed by atoms with van der Waals surface area (Å²) in [5.41, 5.74) is 1.64. The normalized spacial score (nSPS) is 11.1. The molecule has 2 aromatic carbocycles. The molecule has 1 N–H and O–H groups in total. The lowest BCUT2D eigenvalue weighted by atomic mass is 10.1. The summed E-state index contributed by atoms with van der Waals surface area (Å²) in [5, 5.41) is 11.3. The van der Waals surface area contributed by atoms with Gasteiger partial charge in [0.05, 0.1) is 17.2 Å². The summed E-state index contributed by atoms with van der Waals surface area (Å²) in [6.07, 6.45) is -0.963. The van der Waals surface area contributed by atoms with Gasteiger partial charge in [-0.2, -0.15) is 5.26 Å². The third-order valence-corrected chi connectivity index (χ3v) is 3.39. The number of nitrogens with one attached hydrogen (secondary N) is 1. The number of hydrogen-bond acceptors (Lipinski definition) is 5. The molecule has 2 rings (SSSR count). The molecule has 0 aliphatic rings. The predicted molar refractivity (Wildman–Crippen MR) is 91.1 cm³/mol. The van der Waals surface area contributed by atoms with Gasteiger partial charge in [0, 0.05) is 18.2 Å². The van der Waals surface area contributed by atoms with E-state index in [0.717, 1.165) is 0 Å². The van der Waals surface area contributed by atoms with E-state index in [1.165, 1.54) is 38.1 Å². The summed E-state index contributed by atoms with van der Waals surface area (Å²) in [5.74, 6) is -1.19. The van der Waals surface area contributed by atoms with Crippen LogP contribution in [0.1, 0.15) is 40.1 Å². The Morgan fingerprint density at radius 3 is 2.08 bits per heavy atom. The van der Waals surface area contributed by atoms with Crippen molar-refractivity contribution < 1.29 is 19.1 Å². The molecular weight excluding hydrogens is 320 g/mol. The first kappa shape index (κ1) is 17.9. The van der Waals surface area contributed by atoms with E-state index in [4.69, 9.17) is 10.00 Å². The maximum atomic E-state index is 12.3. The fourth-order valence-corrected chi connectivity index (χ4v) is 2.12. The zero-order chi connectivity index (χ0) is 18.4. The largest absolute Gasteiger partial charge is 0.451 e. The first-order valence-electron chi connectivity index (χ1n) is 7.53. The first-order chi connectivity index (χ1) is 11.9. The number of ether oxygens (including phenoxy) is 1. The van der Waals surface area contributed by atoms with E-state index in [9.17, 15) is 14.4 Å². The molecule has 25 heavy (non-hydrogen) atoms. The molecule has 0 radical (unpaired) electrons. The third-order valence-electron chi connectivity index (χ3n) is 3.39. The summed E-state index contributed by atoms with van der Waals surface area (Å²) < 4.78 is 5.18. The molecule has 0 heterocycles. The molecule has 1 amide bonds. The number of nitrogens with zero attached hydrogens (tertiary/aromatic N) is 1. The van der Waals surface area contributed by atoms with E-state index in [1.807, 2.05) is 6.07 Å². The topological polar surface area (TPSA) is 96.3 Å². The number of anilines is 1. The van der Waals surface area contributed by atoms with E-state index < -0.39 is 12.1 Å². The number of ketones is 1. The highest BCUT2D eigenvalue weighted by atomic mass is 16.5. The zero-order valence-corrected chi connectivity index (χ0v) is 13.8. The molecule has 126 valence electrons. The first-order valence-corrected chi connectivity index (χ1v) is 7.53. The Hall–Kier alpha value is -3.46. The highest BCUT2D eigenvalue weighted by molar-refractivity contribution is 6.01.